The van der Waals surface area contributed by atoms with Gasteiger partial charge in [0.2, 0.25) is 5.91 Å². The van der Waals surface area contributed by atoms with Crippen molar-refractivity contribution in [3.05, 3.63) is 52.6 Å². The monoisotopic (exact) mass is 670 g/mol. The molecule has 1 atom stereocenters. The Kier molecular flexibility index (Phi) is 11.7. The van der Waals surface area contributed by atoms with Crippen molar-refractivity contribution < 1.29 is 23.5 Å². The molecule has 1 aromatic carbocycles. The number of rotatable bonds is 9. The molecule has 0 spiro atoms. The van der Waals surface area contributed by atoms with Gasteiger partial charge in [0, 0.05) is 38.5 Å². The summed E-state index contributed by atoms with van der Waals surface area (Å²) in [5.74, 6) is -0.131. The van der Waals surface area contributed by atoms with Gasteiger partial charge in [-0.3, -0.25) is 14.7 Å². The summed E-state index contributed by atoms with van der Waals surface area (Å²) < 4.78 is 13.3. The third kappa shape index (κ3) is 10.4. The minimum absolute atomic E-state index is 0.130. The van der Waals surface area contributed by atoms with Crippen LogP contribution in [0.5, 0.6) is 0 Å². The lowest BCUT2D eigenvalue weighted by molar-refractivity contribution is -0.138. The van der Waals surface area contributed by atoms with Crippen molar-refractivity contribution in [3.63, 3.8) is 0 Å². The maximum Gasteiger partial charge on any atom is 0.408 e. The standard InChI is InChI=1S/C34H54N6O6Si/c1-12-26(46-47(10,11)33(5,6)7)23-24-13-15-25(16-14-24)40-18-17-27(36-30(40)43)35-29(42)39-21-19-38(20-22-39)28(41)34(8,9)37-31(44)45-32(2,3)4/h13-18,26H,12,19-23H2,1-11H3,(H,37,44)(H,35,36,42,43). The molecule has 1 aliphatic rings. The Labute approximate surface area is 280 Å². The molecule has 0 aliphatic carbocycles. The van der Waals surface area contributed by atoms with Gasteiger partial charge in [0.1, 0.15) is 17.0 Å². The molecule has 4 amide bonds. The molecule has 1 unspecified atom stereocenters. The van der Waals surface area contributed by atoms with E-state index >= 15 is 0 Å². The summed E-state index contributed by atoms with van der Waals surface area (Å²) >= 11 is 0. The lowest BCUT2D eigenvalue weighted by atomic mass is 10.0. The number of urea groups is 1. The number of carbonyl (C=O) groups excluding carboxylic acids is 3. The summed E-state index contributed by atoms with van der Waals surface area (Å²) in [5, 5.41) is 5.47. The number of benzene rings is 1. The van der Waals surface area contributed by atoms with E-state index in [4.69, 9.17) is 9.16 Å². The van der Waals surface area contributed by atoms with Crippen molar-refractivity contribution in [1.29, 1.82) is 0 Å². The molecule has 0 bridgehead atoms. The van der Waals surface area contributed by atoms with Crippen molar-refractivity contribution in [1.82, 2.24) is 24.7 Å². The molecule has 1 aliphatic heterocycles. The number of ether oxygens (including phenoxy) is 1. The zero-order chi connectivity index (χ0) is 35.4. The second kappa shape index (κ2) is 14.6. The van der Waals surface area contributed by atoms with Gasteiger partial charge in [0.15, 0.2) is 8.32 Å². The van der Waals surface area contributed by atoms with Gasteiger partial charge in [0.05, 0.1) is 5.69 Å². The van der Waals surface area contributed by atoms with Crippen LogP contribution in [0.4, 0.5) is 15.4 Å². The van der Waals surface area contributed by atoms with E-state index in [0.717, 1.165) is 18.4 Å². The summed E-state index contributed by atoms with van der Waals surface area (Å²) in [4.78, 5) is 58.5. The molecule has 260 valence electrons. The number of hydrogen-bond donors (Lipinski definition) is 2. The molecule has 13 heteroatoms. The van der Waals surface area contributed by atoms with E-state index in [9.17, 15) is 19.2 Å². The van der Waals surface area contributed by atoms with Crippen LogP contribution in [-0.4, -0.2) is 89.1 Å². The molecule has 3 rings (SSSR count). The molecule has 12 nitrogen and oxygen atoms in total. The molecule has 1 aromatic heterocycles. The first-order chi connectivity index (χ1) is 21.6. The molecule has 2 heterocycles. The smallest absolute Gasteiger partial charge is 0.408 e. The molecular weight excluding hydrogens is 616 g/mol. The molecule has 0 radical (unpaired) electrons. The minimum Gasteiger partial charge on any atom is -0.444 e. The van der Waals surface area contributed by atoms with E-state index in [1.54, 1.807) is 56.7 Å². The number of nitrogens with zero attached hydrogens (tertiary/aromatic N) is 4. The highest BCUT2D eigenvalue weighted by Crippen LogP contribution is 2.38. The molecule has 2 N–H and O–H groups in total. The van der Waals surface area contributed by atoms with E-state index in [-0.39, 0.29) is 49.0 Å². The van der Waals surface area contributed by atoms with Crippen LogP contribution in [0.3, 0.4) is 0 Å². The van der Waals surface area contributed by atoms with Gasteiger partial charge in [-0.1, -0.05) is 39.8 Å². The van der Waals surface area contributed by atoms with Gasteiger partial charge in [-0.2, -0.15) is 4.98 Å². The quantitative estimate of drug-likeness (QED) is 0.334. The van der Waals surface area contributed by atoms with E-state index in [2.05, 4.69) is 56.4 Å². The van der Waals surface area contributed by atoms with Gasteiger partial charge in [-0.25, -0.2) is 14.4 Å². The summed E-state index contributed by atoms with van der Waals surface area (Å²) in [6.07, 6.45) is 2.76. The normalized spacial score (nSPS) is 15.2. The molecule has 47 heavy (non-hydrogen) atoms. The summed E-state index contributed by atoms with van der Waals surface area (Å²) in [6, 6.07) is 8.96. The largest absolute Gasteiger partial charge is 0.444 e. The predicted octanol–water partition coefficient (Wildman–Crippen LogP) is 5.55. The molecule has 1 saturated heterocycles. The minimum atomic E-state index is -1.89. The van der Waals surface area contributed by atoms with E-state index in [1.165, 1.54) is 4.57 Å². The van der Waals surface area contributed by atoms with Crippen LogP contribution in [0.25, 0.3) is 5.69 Å². The summed E-state index contributed by atoms with van der Waals surface area (Å²) in [6.45, 7) is 23.0. The molecule has 1 fully saturated rings. The fourth-order valence-electron chi connectivity index (χ4n) is 4.90. The number of piperazine rings is 1. The second-order valence-electron chi connectivity index (χ2n) is 15.2. The topological polar surface area (TPSA) is 135 Å². The Hall–Kier alpha value is -3.71. The summed E-state index contributed by atoms with van der Waals surface area (Å²) in [5.41, 5.74) is -0.578. The SMILES string of the molecule is CCC(Cc1ccc(-n2ccc(NC(=O)N3CCN(C(=O)C(C)(C)NC(=O)OC(C)(C)C)CC3)nc2=O)cc1)O[Si](C)(C)C(C)(C)C. The van der Waals surface area contributed by atoms with E-state index < -0.39 is 37.3 Å². The number of aromatic nitrogens is 2. The Morgan fingerprint density at radius 3 is 2.00 bits per heavy atom. The first kappa shape index (κ1) is 37.7. The van der Waals surface area contributed by atoms with Crippen LogP contribution >= 0.6 is 0 Å². The number of hydrogen-bond acceptors (Lipinski definition) is 7. The van der Waals surface area contributed by atoms with Crippen molar-refractivity contribution in [3.8, 4) is 5.69 Å². The maximum atomic E-state index is 13.1. The number of amides is 4. The molecule has 0 saturated carbocycles. The first-order valence-electron chi connectivity index (χ1n) is 16.3. The highest BCUT2D eigenvalue weighted by Gasteiger charge is 2.39. The Morgan fingerprint density at radius 1 is 0.915 bits per heavy atom. The van der Waals surface area contributed by atoms with Crippen LogP contribution in [0, 0.1) is 0 Å². The van der Waals surface area contributed by atoms with Crippen LogP contribution in [-0.2, 0) is 20.4 Å². The van der Waals surface area contributed by atoms with Gasteiger partial charge < -0.3 is 24.3 Å². The average molecular weight is 671 g/mol. The second-order valence-corrected chi connectivity index (χ2v) is 20.0. The van der Waals surface area contributed by atoms with Gasteiger partial charge >= 0.3 is 17.8 Å². The predicted molar refractivity (Wildman–Crippen MR) is 187 cm³/mol. The average Bonchev–Trinajstić information content (AvgIpc) is 2.95. The Bertz CT molecular complexity index is 1470. The van der Waals surface area contributed by atoms with Crippen molar-refractivity contribution in [2.24, 2.45) is 0 Å². The third-order valence-corrected chi connectivity index (χ3v) is 13.2. The highest BCUT2D eigenvalue weighted by atomic mass is 28.4. The fourth-order valence-corrected chi connectivity index (χ4v) is 6.33. The number of carbonyl (C=O) groups is 3. The molecule has 2 aromatic rings. The fraction of sp³-hybridized carbons (Fsp3) is 0.618. The maximum absolute atomic E-state index is 13.1. The highest BCUT2D eigenvalue weighted by molar-refractivity contribution is 6.74. The van der Waals surface area contributed by atoms with Gasteiger partial charge in [-0.15, -0.1) is 0 Å². The molecular formula is C34H54N6O6Si. The first-order valence-corrected chi connectivity index (χ1v) is 19.3. The van der Waals surface area contributed by atoms with Crippen LogP contribution in [0.1, 0.15) is 74.3 Å². The number of nitrogens with one attached hydrogen (secondary N) is 2. The zero-order valence-electron chi connectivity index (χ0n) is 30.0. The zero-order valence-corrected chi connectivity index (χ0v) is 31.0. The Morgan fingerprint density at radius 2 is 1.49 bits per heavy atom. The third-order valence-electron chi connectivity index (χ3n) is 8.64. The lowest BCUT2D eigenvalue weighted by Crippen LogP contribution is -2.60. The van der Waals surface area contributed by atoms with Gasteiger partial charge in [0.25, 0.3) is 0 Å². The van der Waals surface area contributed by atoms with Crippen molar-refractivity contribution in [2.45, 2.75) is 111 Å². The van der Waals surface area contributed by atoms with Gasteiger partial charge in [-0.05, 0) is 89.4 Å². The van der Waals surface area contributed by atoms with E-state index in [0.29, 0.717) is 5.69 Å². The number of anilines is 1. The van der Waals surface area contributed by atoms with Crippen LogP contribution in [0.2, 0.25) is 18.1 Å². The Balaban J connectivity index is 1.56. The van der Waals surface area contributed by atoms with Crippen molar-refractivity contribution in [2.75, 3.05) is 31.5 Å². The summed E-state index contributed by atoms with van der Waals surface area (Å²) in [7, 11) is -1.89. The van der Waals surface area contributed by atoms with Crippen LogP contribution < -0.4 is 16.3 Å². The van der Waals surface area contributed by atoms with Crippen molar-refractivity contribution >= 4 is 32.2 Å². The van der Waals surface area contributed by atoms with Crippen LogP contribution in [0.15, 0.2) is 41.3 Å². The number of alkyl carbamates (subject to hydrolysis) is 1. The lowest BCUT2D eigenvalue weighted by Gasteiger charge is -2.39. The van der Waals surface area contributed by atoms with E-state index in [1.807, 2.05) is 24.3 Å².